The molecule has 0 N–H and O–H groups in total. The lowest BCUT2D eigenvalue weighted by Crippen LogP contribution is -2.51. The van der Waals surface area contributed by atoms with Gasteiger partial charge in [0.15, 0.2) is 0 Å². The summed E-state index contributed by atoms with van der Waals surface area (Å²) in [5.41, 5.74) is 1.29. The van der Waals surface area contributed by atoms with Crippen molar-refractivity contribution in [2.45, 2.75) is 37.5 Å². The van der Waals surface area contributed by atoms with Crippen LogP contribution in [0.4, 0.5) is 0 Å². The van der Waals surface area contributed by atoms with E-state index in [1.165, 1.54) is 16.4 Å². The van der Waals surface area contributed by atoms with Crippen LogP contribution < -0.4 is 0 Å². The monoisotopic (exact) mass is 416 g/mol. The van der Waals surface area contributed by atoms with E-state index in [4.69, 9.17) is 0 Å². The van der Waals surface area contributed by atoms with E-state index in [0.717, 1.165) is 37.9 Å². The van der Waals surface area contributed by atoms with Gasteiger partial charge in [0.1, 0.15) is 6.07 Å². The zero-order valence-corrected chi connectivity index (χ0v) is 17.7. The molecule has 0 radical (unpaired) electrons. The zero-order chi connectivity index (χ0) is 20.9. The normalized spacial score (nSPS) is 18.3. The van der Waals surface area contributed by atoms with Crippen LogP contribution in [0.2, 0.25) is 0 Å². The summed E-state index contributed by atoms with van der Waals surface area (Å²) in [4.78, 5) is 16.8. The first-order chi connectivity index (χ1) is 14.0. The summed E-state index contributed by atoms with van der Waals surface area (Å²) < 4.78 is 27.3. The molecule has 8 heteroatoms. The van der Waals surface area contributed by atoms with E-state index < -0.39 is 10.0 Å². The molecule has 1 aromatic carbocycles. The number of nitriles is 1. The molecule has 0 atom stereocenters. The SMILES string of the molecule is CCCN(C(=O)CN1CCN(S(=O)(=O)c2ccccc2C#N)CC1)C1=CCCC1. The van der Waals surface area contributed by atoms with Crippen LogP contribution in [0, 0.1) is 11.3 Å². The minimum atomic E-state index is -3.72. The third-order valence-electron chi connectivity index (χ3n) is 5.43. The van der Waals surface area contributed by atoms with Crippen molar-refractivity contribution in [1.29, 1.82) is 5.26 Å². The maximum atomic E-state index is 12.9. The summed E-state index contributed by atoms with van der Waals surface area (Å²) in [6, 6.07) is 8.23. The second-order valence-electron chi connectivity index (χ2n) is 7.42. The number of hydrogen-bond acceptors (Lipinski definition) is 5. The Morgan fingerprint density at radius 3 is 2.55 bits per heavy atom. The smallest absolute Gasteiger partial charge is 0.244 e. The molecule has 1 fully saturated rings. The molecule has 0 aromatic heterocycles. The maximum absolute atomic E-state index is 12.9. The number of allylic oxidation sites excluding steroid dienone is 2. The number of nitrogens with zero attached hydrogens (tertiary/aromatic N) is 4. The molecule has 1 aromatic rings. The van der Waals surface area contributed by atoms with Gasteiger partial charge >= 0.3 is 0 Å². The molecule has 1 saturated heterocycles. The standard InChI is InChI=1S/C21H28N4O3S/c1-2-11-25(19-8-4-5-9-19)21(26)17-23-12-14-24(15-13-23)29(27,28)20-10-6-3-7-18(20)16-22/h3,6-8,10H,2,4-5,9,11-15,17H2,1H3. The number of piperazine rings is 1. The molecule has 0 spiro atoms. The molecular weight excluding hydrogens is 388 g/mol. The van der Waals surface area contributed by atoms with Gasteiger partial charge in [-0.05, 0) is 37.8 Å². The summed E-state index contributed by atoms with van der Waals surface area (Å²) in [6.45, 7) is 4.72. The van der Waals surface area contributed by atoms with E-state index >= 15 is 0 Å². The highest BCUT2D eigenvalue weighted by Gasteiger charge is 2.31. The molecule has 0 bridgehead atoms. The van der Waals surface area contributed by atoms with Crippen molar-refractivity contribution in [3.63, 3.8) is 0 Å². The highest BCUT2D eigenvalue weighted by molar-refractivity contribution is 7.89. The average molecular weight is 417 g/mol. The molecule has 0 unspecified atom stereocenters. The van der Waals surface area contributed by atoms with E-state index in [1.807, 2.05) is 15.9 Å². The molecule has 0 saturated carbocycles. The van der Waals surface area contributed by atoms with Gasteiger partial charge in [0.2, 0.25) is 15.9 Å². The fourth-order valence-corrected chi connectivity index (χ4v) is 5.44. The van der Waals surface area contributed by atoms with Gasteiger partial charge in [0, 0.05) is 38.4 Å². The number of carbonyl (C=O) groups is 1. The van der Waals surface area contributed by atoms with Crippen LogP contribution in [-0.4, -0.2) is 67.7 Å². The van der Waals surface area contributed by atoms with Crippen LogP contribution in [-0.2, 0) is 14.8 Å². The third-order valence-corrected chi connectivity index (χ3v) is 7.38. The number of sulfonamides is 1. The first kappa shape index (κ1) is 21.5. The fourth-order valence-electron chi connectivity index (χ4n) is 3.88. The lowest BCUT2D eigenvalue weighted by Gasteiger charge is -2.35. The highest BCUT2D eigenvalue weighted by atomic mass is 32.2. The Balaban J connectivity index is 1.61. The van der Waals surface area contributed by atoms with Crippen molar-refractivity contribution < 1.29 is 13.2 Å². The molecule has 1 amide bonds. The van der Waals surface area contributed by atoms with Gasteiger partial charge in [-0.2, -0.15) is 9.57 Å². The van der Waals surface area contributed by atoms with Gasteiger partial charge in [0.05, 0.1) is 17.0 Å². The van der Waals surface area contributed by atoms with E-state index in [0.29, 0.717) is 32.7 Å². The highest BCUT2D eigenvalue weighted by Crippen LogP contribution is 2.23. The molecule has 1 heterocycles. The predicted octanol–water partition coefficient (Wildman–Crippen LogP) is 2.17. The Morgan fingerprint density at radius 1 is 1.21 bits per heavy atom. The second-order valence-corrected chi connectivity index (χ2v) is 9.33. The first-order valence-electron chi connectivity index (χ1n) is 10.2. The van der Waals surface area contributed by atoms with E-state index in [-0.39, 0.29) is 16.4 Å². The predicted molar refractivity (Wildman–Crippen MR) is 110 cm³/mol. The molecule has 3 rings (SSSR count). The van der Waals surface area contributed by atoms with Gasteiger partial charge in [-0.15, -0.1) is 0 Å². The Bertz CT molecular complexity index is 912. The van der Waals surface area contributed by atoms with Gasteiger partial charge in [-0.25, -0.2) is 8.42 Å². The van der Waals surface area contributed by atoms with Crippen molar-refractivity contribution in [1.82, 2.24) is 14.1 Å². The zero-order valence-electron chi connectivity index (χ0n) is 16.9. The molecule has 1 aliphatic carbocycles. The van der Waals surface area contributed by atoms with E-state index in [9.17, 15) is 18.5 Å². The van der Waals surface area contributed by atoms with Crippen LogP contribution in [0.15, 0.2) is 40.9 Å². The Kier molecular flexibility index (Phi) is 7.06. The first-order valence-corrected chi connectivity index (χ1v) is 11.6. The van der Waals surface area contributed by atoms with E-state index in [1.54, 1.807) is 12.1 Å². The average Bonchev–Trinajstić information content (AvgIpc) is 3.26. The number of hydrogen-bond donors (Lipinski definition) is 0. The molecular formula is C21H28N4O3S. The lowest BCUT2D eigenvalue weighted by molar-refractivity contribution is -0.130. The largest absolute Gasteiger partial charge is 0.315 e. The lowest BCUT2D eigenvalue weighted by atomic mass is 10.2. The summed E-state index contributed by atoms with van der Waals surface area (Å²) in [7, 11) is -3.72. The second kappa shape index (κ2) is 9.53. The van der Waals surface area contributed by atoms with Crippen molar-refractivity contribution >= 4 is 15.9 Å². The molecule has 1 aliphatic heterocycles. The third kappa shape index (κ3) is 4.86. The van der Waals surface area contributed by atoms with Gasteiger partial charge < -0.3 is 4.90 Å². The minimum Gasteiger partial charge on any atom is -0.315 e. The molecule has 156 valence electrons. The van der Waals surface area contributed by atoms with E-state index in [2.05, 4.69) is 13.0 Å². The van der Waals surface area contributed by atoms with Gasteiger partial charge in [-0.1, -0.05) is 25.1 Å². The van der Waals surface area contributed by atoms with Crippen molar-refractivity contribution in [3.8, 4) is 6.07 Å². The minimum absolute atomic E-state index is 0.0503. The summed E-state index contributed by atoms with van der Waals surface area (Å²) >= 11 is 0. The Morgan fingerprint density at radius 2 is 1.93 bits per heavy atom. The number of carbonyl (C=O) groups excluding carboxylic acids is 1. The van der Waals surface area contributed by atoms with Crippen LogP contribution in [0.3, 0.4) is 0 Å². The quantitative estimate of drug-likeness (QED) is 0.680. The number of amides is 1. The van der Waals surface area contributed by atoms with Crippen LogP contribution in [0.5, 0.6) is 0 Å². The molecule has 7 nitrogen and oxygen atoms in total. The van der Waals surface area contributed by atoms with Crippen molar-refractivity contribution in [2.75, 3.05) is 39.3 Å². The Labute approximate surface area is 173 Å². The number of benzene rings is 1. The Hall–Kier alpha value is -2.21. The fraction of sp³-hybridized carbons (Fsp3) is 0.524. The summed E-state index contributed by atoms with van der Waals surface area (Å²) in [5, 5.41) is 9.22. The van der Waals surface area contributed by atoms with Crippen LogP contribution in [0.25, 0.3) is 0 Å². The maximum Gasteiger partial charge on any atom is 0.244 e. The van der Waals surface area contributed by atoms with Crippen LogP contribution >= 0.6 is 0 Å². The van der Waals surface area contributed by atoms with Crippen molar-refractivity contribution in [2.24, 2.45) is 0 Å². The summed E-state index contributed by atoms with van der Waals surface area (Å²) in [5.74, 6) is 0.0890. The van der Waals surface area contributed by atoms with Crippen molar-refractivity contribution in [3.05, 3.63) is 41.6 Å². The molecule has 2 aliphatic rings. The van der Waals surface area contributed by atoms with Crippen LogP contribution in [0.1, 0.15) is 38.2 Å². The summed E-state index contributed by atoms with van der Waals surface area (Å²) in [6.07, 6.45) is 6.15. The van der Waals surface area contributed by atoms with Gasteiger partial charge in [0.25, 0.3) is 0 Å². The topological polar surface area (TPSA) is 84.7 Å². The van der Waals surface area contributed by atoms with Gasteiger partial charge in [-0.3, -0.25) is 9.69 Å². The molecule has 29 heavy (non-hydrogen) atoms. The number of rotatable bonds is 7.